The Morgan fingerprint density at radius 2 is 1.64 bits per heavy atom. The Kier molecular flexibility index (Phi) is 8.14. The summed E-state index contributed by atoms with van der Waals surface area (Å²) in [6.07, 6.45) is -0.934. The lowest BCUT2D eigenvalue weighted by atomic mass is 10.2. The van der Waals surface area contributed by atoms with Gasteiger partial charge in [-0.15, -0.1) is 0 Å². The maximum Gasteiger partial charge on any atom is 0.344 e. The number of ether oxygens (including phenoxy) is 4. The van der Waals surface area contributed by atoms with Crippen molar-refractivity contribution in [3.05, 3.63) is 54.1 Å². The molecule has 1 atom stereocenters. The molecular formula is C21H25NO6. The van der Waals surface area contributed by atoms with Crippen molar-refractivity contribution in [3.63, 3.8) is 0 Å². The van der Waals surface area contributed by atoms with E-state index in [4.69, 9.17) is 18.9 Å². The van der Waals surface area contributed by atoms with Crippen LogP contribution in [0.4, 0.5) is 0 Å². The summed E-state index contributed by atoms with van der Waals surface area (Å²) in [4.78, 5) is 24.1. The van der Waals surface area contributed by atoms with Crippen LogP contribution in [-0.2, 0) is 20.9 Å². The number of hydrogen-bond donors (Lipinski definition) is 1. The molecule has 2 aromatic rings. The van der Waals surface area contributed by atoms with Gasteiger partial charge in [0.25, 0.3) is 5.91 Å². The first-order valence-electron chi connectivity index (χ1n) is 8.98. The van der Waals surface area contributed by atoms with Crippen molar-refractivity contribution in [2.24, 2.45) is 0 Å². The number of methoxy groups -OCH3 is 1. The molecule has 0 saturated heterocycles. The highest BCUT2D eigenvalue weighted by Crippen LogP contribution is 2.26. The van der Waals surface area contributed by atoms with Crippen LogP contribution in [-0.4, -0.2) is 38.3 Å². The van der Waals surface area contributed by atoms with Crippen LogP contribution in [0.25, 0.3) is 0 Å². The largest absolute Gasteiger partial charge is 0.497 e. The van der Waals surface area contributed by atoms with E-state index in [9.17, 15) is 9.59 Å². The fourth-order valence-corrected chi connectivity index (χ4v) is 2.34. The monoisotopic (exact) mass is 387 g/mol. The van der Waals surface area contributed by atoms with E-state index < -0.39 is 12.1 Å². The molecule has 0 spiro atoms. The molecule has 2 aromatic carbocycles. The molecule has 150 valence electrons. The molecule has 0 bridgehead atoms. The minimum Gasteiger partial charge on any atom is -0.497 e. The molecule has 28 heavy (non-hydrogen) atoms. The van der Waals surface area contributed by atoms with Crippen molar-refractivity contribution < 1.29 is 28.5 Å². The van der Waals surface area contributed by atoms with Gasteiger partial charge in [-0.1, -0.05) is 24.3 Å². The smallest absolute Gasteiger partial charge is 0.344 e. The number of carbonyl (C=O) groups excluding carboxylic acids is 2. The first-order valence-corrected chi connectivity index (χ1v) is 8.98. The Labute approximate surface area is 164 Å². The molecule has 0 fully saturated rings. The molecular weight excluding hydrogens is 362 g/mol. The van der Waals surface area contributed by atoms with Crippen molar-refractivity contribution in [2.45, 2.75) is 26.5 Å². The van der Waals surface area contributed by atoms with Gasteiger partial charge in [-0.25, -0.2) is 4.79 Å². The topological polar surface area (TPSA) is 83.1 Å². The first kappa shape index (κ1) is 21.1. The predicted octanol–water partition coefficient (Wildman–Crippen LogP) is 2.72. The molecule has 0 aliphatic heterocycles. The molecule has 2 rings (SSSR count). The van der Waals surface area contributed by atoms with E-state index >= 15 is 0 Å². The van der Waals surface area contributed by atoms with Gasteiger partial charge in [-0.3, -0.25) is 4.79 Å². The molecule has 1 N–H and O–H groups in total. The van der Waals surface area contributed by atoms with Crippen LogP contribution in [0.3, 0.4) is 0 Å². The quantitative estimate of drug-likeness (QED) is 0.631. The summed E-state index contributed by atoms with van der Waals surface area (Å²) >= 11 is 0. The van der Waals surface area contributed by atoms with Crippen LogP contribution in [0.5, 0.6) is 17.2 Å². The second-order valence-corrected chi connectivity index (χ2v) is 5.87. The molecule has 1 amide bonds. The van der Waals surface area contributed by atoms with Crippen LogP contribution in [0.15, 0.2) is 48.5 Å². The normalized spacial score (nSPS) is 11.2. The average Bonchev–Trinajstić information content (AvgIpc) is 2.72. The van der Waals surface area contributed by atoms with Crippen molar-refractivity contribution in [1.29, 1.82) is 0 Å². The zero-order valence-corrected chi connectivity index (χ0v) is 16.3. The van der Waals surface area contributed by atoms with Crippen molar-refractivity contribution >= 4 is 11.9 Å². The summed E-state index contributed by atoms with van der Waals surface area (Å²) in [7, 11) is 1.59. The SMILES string of the molecule is CCOc1ccccc1OCC(=O)O[C@H](C)C(=O)NCc1ccc(OC)cc1. The molecule has 0 aromatic heterocycles. The van der Waals surface area contributed by atoms with E-state index in [0.29, 0.717) is 24.7 Å². The minimum absolute atomic E-state index is 0.319. The number of esters is 1. The first-order chi connectivity index (χ1) is 13.5. The minimum atomic E-state index is -0.934. The second kappa shape index (κ2) is 10.8. The van der Waals surface area contributed by atoms with E-state index in [2.05, 4.69) is 5.32 Å². The Bertz CT molecular complexity index is 775. The zero-order valence-electron chi connectivity index (χ0n) is 16.3. The third kappa shape index (κ3) is 6.50. The lowest BCUT2D eigenvalue weighted by Gasteiger charge is -2.15. The van der Waals surface area contributed by atoms with E-state index in [1.165, 1.54) is 6.92 Å². The van der Waals surface area contributed by atoms with Crippen LogP contribution >= 0.6 is 0 Å². The molecule has 0 aliphatic carbocycles. The number of hydrogen-bond acceptors (Lipinski definition) is 6. The summed E-state index contributed by atoms with van der Waals surface area (Å²) in [6, 6.07) is 14.3. The van der Waals surface area contributed by atoms with Crippen LogP contribution in [0, 0.1) is 0 Å². The van der Waals surface area contributed by atoms with E-state index in [0.717, 1.165) is 11.3 Å². The second-order valence-electron chi connectivity index (χ2n) is 5.87. The van der Waals surface area contributed by atoms with Gasteiger partial charge >= 0.3 is 5.97 Å². The van der Waals surface area contributed by atoms with Gasteiger partial charge in [0, 0.05) is 6.54 Å². The summed E-state index contributed by atoms with van der Waals surface area (Å²) in [6.45, 7) is 3.85. The maximum absolute atomic E-state index is 12.1. The molecule has 0 heterocycles. The summed E-state index contributed by atoms with van der Waals surface area (Å²) in [5.41, 5.74) is 0.906. The van der Waals surface area contributed by atoms with Crippen molar-refractivity contribution in [1.82, 2.24) is 5.32 Å². The molecule has 0 radical (unpaired) electrons. The fourth-order valence-electron chi connectivity index (χ4n) is 2.34. The van der Waals surface area contributed by atoms with Crippen molar-refractivity contribution in [3.8, 4) is 17.2 Å². The number of carbonyl (C=O) groups is 2. The zero-order chi connectivity index (χ0) is 20.4. The highest BCUT2D eigenvalue weighted by Gasteiger charge is 2.18. The lowest BCUT2D eigenvalue weighted by Crippen LogP contribution is -2.36. The molecule has 0 unspecified atom stereocenters. The number of benzene rings is 2. The molecule has 7 nitrogen and oxygen atoms in total. The summed E-state index contributed by atoms with van der Waals surface area (Å²) < 4.78 is 21.1. The molecule has 0 saturated carbocycles. The van der Waals surface area contributed by atoms with Crippen LogP contribution < -0.4 is 19.5 Å². The standard InChI is InChI=1S/C21H25NO6/c1-4-26-18-7-5-6-8-19(18)27-14-20(23)28-15(2)21(24)22-13-16-9-11-17(25-3)12-10-16/h5-12,15H,4,13-14H2,1-3H3,(H,22,24)/t15-/m1/s1. The highest BCUT2D eigenvalue weighted by atomic mass is 16.6. The number of rotatable bonds is 10. The van der Waals surface area contributed by atoms with Gasteiger partial charge in [0.1, 0.15) is 5.75 Å². The van der Waals surface area contributed by atoms with Crippen LogP contribution in [0.1, 0.15) is 19.4 Å². The average molecular weight is 387 g/mol. The fraction of sp³-hybridized carbons (Fsp3) is 0.333. The molecule has 0 aliphatic rings. The maximum atomic E-state index is 12.1. The van der Waals surface area contributed by atoms with E-state index in [1.807, 2.05) is 37.3 Å². The van der Waals surface area contributed by atoms with Crippen molar-refractivity contribution in [2.75, 3.05) is 20.3 Å². The highest BCUT2D eigenvalue weighted by molar-refractivity contribution is 5.83. The van der Waals surface area contributed by atoms with Gasteiger partial charge in [-0.05, 0) is 43.7 Å². The number of amides is 1. The van der Waals surface area contributed by atoms with Gasteiger partial charge in [-0.2, -0.15) is 0 Å². The summed E-state index contributed by atoms with van der Waals surface area (Å²) in [5, 5.41) is 2.72. The molecule has 7 heteroatoms. The van der Waals surface area contributed by atoms with Gasteiger partial charge in [0.15, 0.2) is 24.2 Å². The lowest BCUT2D eigenvalue weighted by molar-refractivity contribution is -0.156. The van der Waals surface area contributed by atoms with E-state index in [1.54, 1.807) is 25.3 Å². The van der Waals surface area contributed by atoms with Gasteiger partial charge in [0.2, 0.25) is 0 Å². The van der Waals surface area contributed by atoms with E-state index in [-0.39, 0.29) is 12.5 Å². The number of nitrogens with one attached hydrogen (secondary N) is 1. The summed E-state index contributed by atoms with van der Waals surface area (Å²) in [5.74, 6) is 0.696. The van der Waals surface area contributed by atoms with Crippen LogP contribution in [0.2, 0.25) is 0 Å². The third-order valence-corrected chi connectivity index (χ3v) is 3.80. The Balaban J connectivity index is 1.77. The predicted molar refractivity (Wildman–Crippen MR) is 104 cm³/mol. The Morgan fingerprint density at radius 3 is 2.25 bits per heavy atom. The van der Waals surface area contributed by atoms with Gasteiger partial charge in [0.05, 0.1) is 13.7 Å². The Hall–Kier alpha value is -3.22. The van der Waals surface area contributed by atoms with Gasteiger partial charge < -0.3 is 24.3 Å². The Morgan fingerprint density at radius 1 is 1.00 bits per heavy atom. The third-order valence-electron chi connectivity index (χ3n) is 3.80. The number of para-hydroxylation sites is 2.